The molecule has 0 saturated carbocycles. The highest BCUT2D eigenvalue weighted by Crippen LogP contribution is 2.30. The van der Waals surface area contributed by atoms with Gasteiger partial charge in [0.05, 0.1) is 11.3 Å². The Morgan fingerprint density at radius 2 is 1.92 bits per heavy atom. The molecule has 0 spiro atoms. The molecule has 1 aromatic carbocycles. The molecule has 1 unspecified atom stereocenters. The standard InChI is InChI=1S/C18H21N3O3/c1-18(2,3)20-16(23)14-10-19-15(22)12-6-4-5-7-13(12)21(14)17(24)11-8-9-11/h4-8,14H,9-10H2,1-3H3,(H,19,22)(H,20,23). The van der Waals surface area contributed by atoms with Crippen LogP contribution < -0.4 is 15.5 Å². The predicted octanol–water partition coefficient (Wildman–Crippen LogP) is 1.38. The first-order chi connectivity index (χ1) is 11.3. The van der Waals surface area contributed by atoms with Crippen molar-refractivity contribution in [3.63, 3.8) is 0 Å². The maximum Gasteiger partial charge on any atom is 0.255 e. The predicted molar refractivity (Wildman–Crippen MR) is 90.6 cm³/mol. The zero-order valence-electron chi connectivity index (χ0n) is 14.1. The maximum atomic E-state index is 12.8. The van der Waals surface area contributed by atoms with Gasteiger partial charge in [0.25, 0.3) is 11.8 Å². The smallest absolute Gasteiger partial charge is 0.255 e. The lowest BCUT2D eigenvalue weighted by Crippen LogP contribution is -2.56. The largest absolute Gasteiger partial charge is 0.350 e. The Morgan fingerprint density at radius 3 is 2.54 bits per heavy atom. The average Bonchev–Trinajstić information content (AvgIpc) is 3.33. The van der Waals surface area contributed by atoms with E-state index in [-0.39, 0.29) is 24.3 Å². The van der Waals surface area contributed by atoms with Crippen LogP contribution in [0.25, 0.3) is 0 Å². The van der Waals surface area contributed by atoms with Gasteiger partial charge in [-0.3, -0.25) is 19.3 Å². The van der Waals surface area contributed by atoms with E-state index in [1.807, 2.05) is 26.8 Å². The van der Waals surface area contributed by atoms with Crippen LogP contribution in [0.2, 0.25) is 0 Å². The summed E-state index contributed by atoms with van der Waals surface area (Å²) in [6, 6.07) is 6.09. The molecule has 3 amide bonds. The fourth-order valence-corrected chi connectivity index (χ4v) is 2.71. The van der Waals surface area contributed by atoms with Gasteiger partial charge in [0.15, 0.2) is 0 Å². The van der Waals surface area contributed by atoms with Crippen LogP contribution in [0.3, 0.4) is 0 Å². The Kier molecular flexibility index (Phi) is 3.91. The summed E-state index contributed by atoms with van der Waals surface area (Å²) in [5.74, 6) is -0.777. The van der Waals surface area contributed by atoms with E-state index < -0.39 is 11.6 Å². The Balaban J connectivity index is 2.04. The molecule has 0 bridgehead atoms. The minimum Gasteiger partial charge on any atom is -0.350 e. The first-order valence-corrected chi connectivity index (χ1v) is 8.00. The molecule has 1 aliphatic carbocycles. The summed E-state index contributed by atoms with van der Waals surface area (Å²) in [5.41, 5.74) is 1.12. The molecule has 2 N–H and O–H groups in total. The topological polar surface area (TPSA) is 78.5 Å². The van der Waals surface area contributed by atoms with Crippen LogP contribution in [-0.4, -0.2) is 35.8 Å². The van der Waals surface area contributed by atoms with E-state index in [9.17, 15) is 14.4 Å². The Hall–Kier alpha value is -2.63. The van der Waals surface area contributed by atoms with Crippen molar-refractivity contribution >= 4 is 23.4 Å². The van der Waals surface area contributed by atoms with Crippen molar-refractivity contribution in [2.75, 3.05) is 11.4 Å². The summed E-state index contributed by atoms with van der Waals surface area (Å²) in [7, 11) is 0. The van der Waals surface area contributed by atoms with Gasteiger partial charge in [0, 0.05) is 17.7 Å². The van der Waals surface area contributed by atoms with Crippen LogP contribution in [0.5, 0.6) is 0 Å². The minimum absolute atomic E-state index is 0.0778. The van der Waals surface area contributed by atoms with Crippen LogP contribution >= 0.6 is 0 Å². The lowest BCUT2D eigenvalue weighted by atomic mass is 10.1. The summed E-state index contributed by atoms with van der Waals surface area (Å²) in [4.78, 5) is 39.3. The second kappa shape index (κ2) is 5.78. The number of para-hydroxylation sites is 1. The quantitative estimate of drug-likeness (QED) is 0.861. The van der Waals surface area contributed by atoms with Crippen molar-refractivity contribution in [3.8, 4) is 0 Å². The second-order valence-electron chi connectivity index (χ2n) is 7.09. The van der Waals surface area contributed by atoms with Gasteiger partial charge >= 0.3 is 0 Å². The fraction of sp³-hybridized carbons (Fsp3) is 0.389. The molecule has 2 aliphatic rings. The molecule has 3 rings (SSSR count). The number of amides is 3. The van der Waals surface area contributed by atoms with Gasteiger partial charge in [-0.1, -0.05) is 18.2 Å². The van der Waals surface area contributed by atoms with Gasteiger partial charge in [0.1, 0.15) is 6.04 Å². The van der Waals surface area contributed by atoms with E-state index in [0.29, 0.717) is 23.2 Å². The number of anilines is 1. The Labute approximate surface area is 140 Å². The SMILES string of the molecule is CC(C)(C)NC(=O)C1CNC(=O)c2ccccc2N1C(=O)C1=CC1. The van der Waals surface area contributed by atoms with Crippen LogP contribution in [0.4, 0.5) is 5.69 Å². The average molecular weight is 327 g/mol. The lowest BCUT2D eigenvalue weighted by molar-refractivity contribution is -0.126. The molecule has 6 nitrogen and oxygen atoms in total. The summed E-state index contributed by atoms with van der Waals surface area (Å²) < 4.78 is 0. The van der Waals surface area contributed by atoms with Crippen molar-refractivity contribution in [1.29, 1.82) is 0 Å². The van der Waals surface area contributed by atoms with Crippen molar-refractivity contribution < 1.29 is 14.4 Å². The highest BCUT2D eigenvalue weighted by Gasteiger charge is 2.39. The third-order valence-electron chi connectivity index (χ3n) is 3.88. The number of nitrogens with one attached hydrogen (secondary N) is 2. The molecule has 1 atom stereocenters. The van der Waals surface area contributed by atoms with Gasteiger partial charge in [0.2, 0.25) is 5.91 Å². The molecular formula is C18H21N3O3. The first kappa shape index (κ1) is 16.2. The number of hydrogen-bond acceptors (Lipinski definition) is 3. The summed E-state index contributed by atoms with van der Waals surface area (Å²) in [6.07, 6.45) is 2.45. The zero-order valence-corrected chi connectivity index (χ0v) is 14.1. The Bertz CT molecular complexity index is 746. The van der Waals surface area contributed by atoms with Gasteiger partial charge in [-0.15, -0.1) is 0 Å². The Morgan fingerprint density at radius 1 is 1.25 bits per heavy atom. The molecule has 6 heteroatoms. The van der Waals surface area contributed by atoms with Crippen molar-refractivity contribution in [3.05, 3.63) is 41.5 Å². The lowest BCUT2D eigenvalue weighted by Gasteiger charge is -2.32. The van der Waals surface area contributed by atoms with Crippen molar-refractivity contribution in [2.24, 2.45) is 0 Å². The van der Waals surface area contributed by atoms with E-state index in [4.69, 9.17) is 0 Å². The third kappa shape index (κ3) is 3.18. The van der Waals surface area contributed by atoms with E-state index in [2.05, 4.69) is 10.6 Å². The number of benzene rings is 1. The highest BCUT2D eigenvalue weighted by atomic mass is 16.2. The van der Waals surface area contributed by atoms with Crippen molar-refractivity contribution in [2.45, 2.75) is 38.8 Å². The molecule has 1 aliphatic heterocycles. The number of nitrogens with zero attached hydrogens (tertiary/aromatic N) is 1. The van der Waals surface area contributed by atoms with Crippen LogP contribution in [0.15, 0.2) is 35.9 Å². The first-order valence-electron chi connectivity index (χ1n) is 8.00. The molecule has 126 valence electrons. The minimum atomic E-state index is -0.786. The van der Waals surface area contributed by atoms with E-state index >= 15 is 0 Å². The van der Waals surface area contributed by atoms with Crippen molar-refractivity contribution in [1.82, 2.24) is 10.6 Å². The molecular weight excluding hydrogens is 306 g/mol. The van der Waals surface area contributed by atoms with Gasteiger partial charge < -0.3 is 10.6 Å². The molecule has 24 heavy (non-hydrogen) atoms. The molecule has 0 aromatic heterocycles. The number of allylic oxidation sites excluding steroid dienone is 1. The summed E-state index contributed by atoms with van der Waals surface area (Å²) in [5, 5.41) is 5.65. The fourth-order valence-electron chi connectivity index (χ4n) is 2.71. The second-order valence-corrected chi connectivity index (χ2v) is 7.09. The third-order valence-corrected chi connectivity index (χ3v) is 3.88. The molecule has 1 heterocycles. The number of hydrogen-bond donors (Lipinski definition) is 2. The molecule has 1 aromatic rings. The van der Waals surface area contributed by atoms with Gasteiger partial charge in [-0.05, 0) is 39.3 Å². The number of fused-ring (bicyclic) bond motifs is 1. The van der Waals surface area contributed by atoms with Crippen LogP contribution in [0, 0.1) is 0 Å². The molecule has 0 saturated heterocycles. The van der Waals surface area contributed by atoms with E-state index in [1.54, 1.807) is 24.3 Å². The van der Waals surface area contributed by atoms with Gasteiger partial charge in [-0.25, -0.2) is 0 Å². The van der Waals surface area contributed by atoms with Crippen LogP contribution in [-0.2, 0) is 9.59 Å². The zero-order chi connectivity index (χ0) is 17.5. The highest BCUT2D eigenvalue weighted by molar-refractivity contribution is 6.15. The maximum absolute atomic E-state index is 12.8. The number of carbonyl (C=O) groups excluding carboxylic acids is 3. The van der Waals surface area contributed by atoms with E-state index in [0.717, 1.165) is 0 Å². The summed E-state index contributed by atoms with van der Waals surface area (Å²) >= 11 is 0. The number of carbonyl (C=O) groups is 3. The normalized spacial score (nSPS) is 19.6. The van der Waals surface area contributed by atoms with E-state index in [1.165, 1.54) is 4.90 Å². The molecule has 0 radical (unpaired) electrons. The molecule has 0 fully saturated rings. The monoisotopic (exact) mass is 327 g/mol. The van der Waals surface area contributed by atoms with Gasteiger partial charge in [-0.2, -0.15) is 0 Å². The summed E-state index contributed by atoms with van der Waals surface area (Å²) in [6.45, 7) is 5.71. The number of rotatable bonds is 2. The van der Waals surface area contributed by atoms with Crippen LogP contribution in [0.1, 0.15) is 37.6 Å².